The molecule has 1 N–H and O–H groups in total. The van der Waals surface area contributed by atoms with Crippen LogP contribution in [0.3, 0.4) is 0 Å². The number of anilines is 1. The van der Waals surface area contributed by atoms with Crippen molar-refractivity contribution >= 4 is 17.7 Å². The minimum Gasteiger partial charge on any atom is -0.478 e. The first-order valence-corrected chi connectivity index (χ1v) is 7.07. The molecule has 0 atom stereocenters. The van der Waals surface area contributed by atoms with Gasteiger partial charge < -0.3 is 10.0 Å². The second-order valence-electron chi connectivity index (χ2n) is 5.16. The zero-order valence-corrected chi connectivity index (χ0v) is 11.7. The standard InChI is InChI=1S/C18H17NO2/c20-18(21)16-8-9-17-15(13-16)10-12-19(17)11-4-7-14-5-2-1-3-6-14/h1-9,13H,10-12H2,(H,20,21)/b7-4+. The number of carbonyl (C=O) groups is 1. The fourth-order valence-electron chi connectivity index (χ4n) is 2.67. The molecule has 3 rings (SSSR count). The van der Waals surface area contributed by atoms with Crippen molar-refractivity contribution in [1.29, 1.82) is 0 Å². The highest BCUT2D eigenvalue weighted by atomic mass is 16.4. The van der Waals surface area contributed by atoms with Gasteiger partial charge in [0.05, 0.1) is 5.56 Å². The van der Waals surface area contributed by atoms with Crippen molar-refractivity contribution in [2.24, 2.45) is 0 Å². The molecule has 0 bridgehead atoms. The molecule has 0 aromatic heterocycles. The van der Waals surface area contributed by atoms with E-state index in [0.29, 0.717) is 5.56 Å². The fraction of sp³-hybridized carbons (Fsp3) is 0.167. The van der Waals surface area contributed by atoms with Crippen LogP contribution in [0.25, 0.3) is 6.08 Å². The van der Waals surface area contributed by atoms with Gasteiger partial charge in [-0.25, -0.2) is 4.79 Å². The quantitative estimate of drug-likeness (QED) is 0.931. The Kier molecular flexibility index (Phi) is 3.73. The Morgan fingerprint density at radius 1 is 1.19 bits per heavy atom. The molecule has 0 saturated heterocycles. The van der Waals surface area contributed by atoms with Crippen LogP contribution in [0, 0.1) is 0 Å². The molecule has 106 valence electrons. The van der Waals surface area contributed by atoms with Gasteiger partial charge in [0.1, 0.15) is 0 Å². The summed E-state index contributed by atoms with van der Waals surface area (Å²) in [5, 5.41) is 9.02. The number of hydrogen-bond donors (Lipinski definition) is 1. The molecule has 1 aliphatic rings. The van der Waals surface area contributed by atoms with Crippen LogP contribution in [0.1, 0.15) is 21.5 Å². The summed E-state index contributed by atoms with van der Waals surface area (Å²) in [6, 6.07) is 15.6. The third-order valence-corrected chi connectivity index (χ3v) is 3.75. The SMILES string of the molecule is O=C(O)c1ccc2c(c1)CCN2C/C=C/c1ccccc1. The smallest absolute Gasteiger partial charge is 0.335 e. The summed E-state index contributed by atoms with van der Waals surface area (Å²) in [5.41, 5.74) is 3.84. The number of rotatable bonds is 4. The molecule has 2 aromatic rings. The molecule has 1 heterocycles. The first-order chi connectivity index (χ1) is 10.2. The van der Waals surface area contributed by atoms with Crippen molar-refractivity contribution < 1.29 is 9.90 Å². The maximum Gasteiger partial charge on any atom is 0.335 e. The monoisotopic (exact) mass is 279 g/mol. The van der Waals surface area contributed by atoms with Gasteiger partial charge >= 0.3 is 5.97 Å². The van der Waals surface area contributed by atoms with Gasteiger partial charge in [0.15, 0.2) is 0 Å². The van der Waals surface area contributed by atoms with E-state index in [9.17, 15) is 4.79 Å². The lowest BCUT2D eigenvalue weighted by molar-refractivity contribution is 0.0697. The van der Waals surface area contributed by atoms with E-state index in [2.05, 4.69) is 29.2 Å². The zero-order valence-electron chi connectivity index (χ0n) is 11.7. The summed E-state index contributed by atoms with van der Waals surface area (Å²) in [5.74, 6) is -0.861. The van der Waals surface area contributed by atoms with Crippen LogP contribution < -0.4 is 4.90 Å². The molecule has 1 aliphatic heterocycles. The fourth-order valence-corrected chi connectivity index (χ4v) is 2.67. The second kappa shape index (κ2) is 5.83. The molecule has 3 nitrogen and oxygen atoms in total. The summed E-state index contributed by atoms with van der Waals surface area (Å²) in [4.78, 5) is 13.3. The van der Waals surface area contributed by atoms with Gasteiger partial charge in [-0.15, -0.1) is 0 Å². The minimum absolute atomic E-state index is 0.371. The van der Waals surface area contributed by atoms with Gasteiger partial charge in [-0.3, -0.25) is 0 Å². The topological polar surface area (TPSA) is 40.5 Å². The maximum absolute atomic E-state index is 11.0. The van der Waals surface area contributed by atoms with Crippen molar-refractivity contribution in [3.8, 4) is 0 Å². The summed E-state index contributed by atoms with van der Waals surface area (Å²) >= 11 is 0. The van der Waals surface area contributed by atoms with Crippen molar-refractivity contribution in [3.63, 3.8) is 0 Å². The van der Waals surface area contributed by atoms with Crippen LogP contribution in [0.2, 0.25) is 0 Å². The lowest BCUT2D eigenvalue weighted by Crippen LogP contribution is -2.20. The van der Waals surface area contributed by atoms with E-state index in [1.54, 1.807) is 12.1 Å². The van der Waals surface area contributed by atoms with Crippen LogP contribution >= 0.6 is 0 Å². The van der Waals surface area contributed by atoms with Crippen molar-refractivity contribution in [2.45, 2.75) is 6.42 Å². The van der Waals surface area contributed by atoms with E-state index >= 15 is 0 Å². The summed E-state index contributed by atoms with van der Waals surface area (Å²) < 4.78 is 0. The predicted molar refractivity (Wildman–Crippen MR) is 84.8 cm³/mol. The molecule has 0 spiro atoms. The average Bonchev–Trinajstić information content (AvgIpc) is 2.91. The largest absolute Gasteiger partial charge is 0.478 e. The Labute approximate surface area is 124 Å². The van der Waals surface area contributed by atoms with E-state index in [4.69, 9.17) is 5.11 Å². The zero-order chi connectivity index (χ0) is 14.7. The van der Waals surface area contributed by atoms with Gasteiger partial charge in [-0.2, -0.15) is 0 Å². The molecule has 0 unspecified atom stereocenters. The molecular weight excluding hydrogens is 262 g/mol. The molecule has 0 aliphatic carbocycles. The highest BCUT2D eigenvalue weighted by Crippen LogP contribution is 2.28. The molecule has 0 radical (unpaired) electrons. The van der Waals surface area contributed by atoms with Crippen molar-refractivity contribution in [3.05, 3.63) is 71.3 Å². The van der Waals surface area contributed by atoms with Gasteiger partial charge in [0, 0.05) is 18.8 Å². The number of fused-ring (bicyclic) bond motifs is 1. The predicted octanol–water partition coefficient (Wildman–Crippen LogP) is 3.46. The van der Waals surface area contributed by atoms with Crippen molar-refractivity contribution in [1.82, 2.24) is 0 Å². The molecule has 0 fully saturated rings. The lowest BCUT2D eigenvalue weighted by atomic mass is 10.1. The van der Waals surface area contributed by atoms with Gasteiger partial charge in [0.2, 0.25) is 0 Å². The number of aromatic carboxylic acids is 1. The molecular formula is C18H17NO2. The Morgan fingerprint density at radius 3 is 2.76 bits per heavy atom. The van der Waals surface area contributed by atoms with Crippen LogP contribution in [0.5, 0.6) is 0 Å². The normalized spacial score (nSPS) is 13.6. The molecule has 21 heavy (non-hydrogen) atoms. The highest BCUT2D eigenvalue weighted by molar-refractivity contribution is 5.88. The van der Waals surface area contributed by atoms with Crippen LogP contribution in [-0.4, -0.2) is 24.2 Å². The Balaban J connectivity index is 1.70. The number of hydrogen-bond acceptors (Lipinski definition) is 2. The Bertz CT molecular complexity index is 677. The molecule has 3 heteroatoms. The first-order valence-electron chi connectivity index (χ1n) is 7.07. The second-order valence-corrected chi connectivity index (χ2v) is 5.16. The Hall–Kier alpha value is -2.55. The third-order valence-electron chi connectivity index (χ3n) is 3.75. The summed E-state index contributed by atoms with van der Waals surface area (Å²) in [7, 11) is 0. The van der Waals surface area contributed by atoms with Crippen LogP contribution in [-0.2, 0) is 6.42 Å². The minimum atomic E-state index is -0.861. The van der Waals surface area contributed by atoms with Gasteiger partial charge in [-0.05, 0) is 35.7 Å². The molecule has 0 saturated carbocycles. The number of carboxylic acid groups (broad SMARTS) is 1. The lowest BCUT2D eigenvalue weighted by Gasteiger charge is -2.17. The Morgan fingerprint density at radius 2 is 2.00 bits per heavy atom. The number of benzene rings is 2. The van der Waals surface area contributed by atoms with Crippen molar-refractivity contribution in [2.75, 3.05) is 18.0 Å². The molecule has 0 amide bonds. The summed E-state index contributed by atoms with van der Waals surface area (Å²) in [6.07, 6.45) is 5.18. The maximum atomic E-state index is 11.0. The van der Waals surface area contributed by atoms with E-state index in [0.717, 1.165) is 30.8 Å². The van der Waals surface area contributed by atoms with E-state index < -0.39 is 5.97 Å². The van der Waals surface area contributed by atoms with Crippen LogP contribution in [0.4, 0.5) is 5.69 Å². The van der Waals surface area contributed by atoms with Gasteiger partial charge in [0.25, 0.3) is 0 Å². The number of carboxylic acids is 1. The first kappa shape index (κ1) is 13.4. The molecule has 2 aromatic carbocycles. The van der Waals surface area contributed by atoms with E-state index in [1.165, 1.54) is 5.56 Å². The number of nitrogens with zero attached hydrogens (tertiary/aromatic N) is 1. The van der Waals surface area contributed by atoms with E-state index in [-0.39, 0.29) is 0 Å². The third kappa shape index (κ3) is 2.97. The van der Waals surface area contributed by atoms with Crippen LogP contribution in [0.15, 0.2) is 54.6 Å². The highest BCUT2D eigenvalue weighted by Gasteiger charge is 2.19. The van der Waals surface area contributed by atoms with Gasteiger partial charge in [-0.1, -0.05) is 42.5 Å². The van der Waals surface area contributed by atoms with E-state index in [1.807, 2.05) is 24.3 Å². The average molecular weight is 279 g/mol. The summed E-state index contributed by atoms with van der Waals surface area (Å²) in [6.45, 7) is 1.78.